The number of ether oxygens (including phenoxy) is 6. The number of rotatable bonds is 15. The Morgan fingerprint density at radius 2 is 0.643 bits per heavy atom. The Morgan fingerprint density at radius 1 is 0.375 bits per heavy atom. The maximum absolute atomic E-state index is 15.0. The predicted octanol–water partition coefficient (Wildman–Crippen LogP) is 6.02. The van der Waals surface area contributed by atoms with Crippen molar-refractivity contribution in [2.45, 2.75) is 54.4 Å². The van der Waals surface area contributed by atoms with Crippen molar-refractivity contribution in [3.63, 3.8) is 0 Å². The van der Waals surface area contributed by atoms with Gasteiger partial charge in [-0.15, -0.1) is 0 Å². The lowest BCUT2D eigenvalue weighted by Crippen LogP contribution is -2.34. The average Bonchev–Trinajstić information content (AvgIpc) is 3.09. The highest BCUT2D eigenvalue weighted by Crippen LogP contribution is 2.37. The third kappa shape index (κ3) is 12.0. The fraction of sp³-hybridized carbons (Fsp3) is 0.238. The van der Waals surface area contributed by atoms with E-state index >= 15 is 0 Å². The minimum Gasteiger partial charge on any atom is -0.427 e. The Balaban J connectivity index is 1.95. The lowest BCUT2D eigenvalue weighted by molar-refractivity contribution is -0.133. The Kier molecular flexibility index (Phi) is 14.1. The van der Waals surface area contributed by atoms with Crippen LogP contribution >= 0.6 is 0 Å². The van der Waals surface area contributed by atoms with Gasteiger partial charge >= 0.3 is 35.8 Å². The van der Waals surface area contributed by atoms with Gasteiger partial charge in [0.1, 0.15) is 34.5 Å². The fourth-order valence-electron chi connectivity index (χ4n) is 5.81. The molecule has 2 unspecified atom stereocenters. The van der Waals surface area contributed by atoms with E-state index in [1.807, 2.05) is 0 Å². The summed E-state index contributed by atoms with van der Waals surface area (Å²) in [5.74, 6) is -7.81. The second-order valence-corrected chi connectivity index (χ2v) is 12.5. The second kappa shape index (κ2) is 18.9. The van der Waals surface area contributed by atoms with E-state index < -0.39 is 59.2 Å². The zero-order valence-electron chi connectivity index (χ0n) is 31.4. The van der Waals surface area contributed by atoms with Crippen LogP contribution in [0.4, 0.5) is 0 Å². The molecule has 0 heterocycles. The molecule has 0 aliphatic heterocycles. The van der Waals surface area contributed by atoms with E-state index in [2.05, 4.69) is 0 Å². The van der Waals surface area contributed by atoms with Crippen LogP contribution in [-0.4, -0.2) is 47.4 Å². The van der Waals surface area contributed by atoms with Gasteiger partial charge in [-0.1, -0.05) is 24.3 Å². The quantitative estimate of drug-likeness (QED) is 0.0775. The average molecular weight is 767 g/mol. The van der Waals surface area contributed by atoms with Crippen molar-refractivity contribution in [1.82, 2.24) is 0 Å². The van der Waals surface area contributed by atoms with Gasteiger partial charge in [-0.25, -0.2) is 0 Å². The van der Waals surface area contributed by atoms with Crippen LogP contribution in [0.25, 0.3) is 0 Å². The molecule has 0 aliphatic carbocycles. The minimum absolute atomic E-state index is 0.0118. The highest BCUT2D eigenvalue weighted by atomic mass is 16.6. The van der Waals surface area contributed by atoms with Gasteiger partial charge in [-0.2, -0.15) is 0 Å². The number of Topliss-reactive ketones (excluding diaryl/α,β-unsaturated/α-hetero) is 2. The van der Waals surface area contributed by atoms with E-state index in [9.17, 15) is 38.4 Å². The van der Waals surface area contributed by atoms with Gasteiger partial charge in [0.25, 0.3) is 0 Å². The van der Waals surface area contributed by atoms with Crippen molar-refractivity contribution in [3.05, 3.63) is 107 Å². The number of carbonyl (C=O) groups excluding carboxylic acids is 8. The number of hydrogen-bond donors (Lipinski definition) is 0. The SMILES string of the molecule is CC(=O)Oc1ccc(CC(C(=O)c2ccc(OC(C)=O)cc2OC(C)=O)C(Cc2ccc(OC(C)=O)cc2)C(=O)c2ccc(OC(C)=O)cc2OC(C)=O)cc1. The van der Waals surface area contributed by atoms with Crippen LogP contribution in [-0.2, 0) is 41.6 Å². The molecular weight excluding hydrogens is 728 g/mol. The van der Waals surface area contributed by atoms with E-state index in [4.69, 9.17) is 28.4 Å². The molecule has 0 bridgehead atoms. The van der Waals surface area contributed by atoms with Crippen LogP contribution in [0.1, 0.15) is 73.4 Å². The fourth-order valence-corrected chi connectivity index (χ4v) is 5.81. The second-order valence-electron chi connectivity index (χ2n) is 12.5. The number of benzene rings is 4. The van der Waals surface area contributed by atoms with Crippen LogP contribution in [0.15, 0.2) is 84.9 Å². The summed E-state index contributed by atoms with van der Waals surface area (Å²) in [5.41, 5.74) is 0.841. The maximum atomic E-state index is 15.0. The summed E-state index contributed by atoms with van der Waals surface area (Å²) >= 11 is 0. The molecule has 290 valence electrons. The summed E-state index contributed by atoms with van der Waals surface area (Å²) < 4.78 is 31.5. The van der Waals surface area contributed by atoms with Crippen LogP contribution in [0.3, 0.4) is 0 Å². The highest BCUT2D eigenvalue weighted by molar-refractivity contribution is 6.08. The molecule has 0 aromatic heterocycles. The van der Waals surface area contributed by atoms with Crippen LogP contribution < -0.4 is 28.4 Å². The van der Waals surface area contributed by atoms with Gasteiger partial charge < -0.3 is 28.4 Å². The van der Waals surface area contributed by atoms with Gasteiger partial charge in [0, 0.05) is 65.5 Å². The van der Waals surface area contributed by atoms with E-state index in [0.29, 0.717) is 11.1 Å². The molecule has 4 aromatic carbocycles. The van der Waals surface area contributed by atoms with E-state index in [0.717, 1.165) is 13.8 Å². The third-order valence-corrected chi connectivity index (χ3v) is 7.91. The number of esters is 6. The summed E-state index contributed by atoms with van der Waals surface area (Å²) in [7, 11) is 0. The van der Waals surface area contributed by atoms with Crippen molar-refractivity contribution >= 4 is 47.4 Å². The Hall–Kier alpha value is -6.96. The topological polar surface area (TPSA) is 192 Å². The number of carbonyl (C=O) groups is 8. The normalized spacial score (nSPS) is 11.6. The molecular formula is C42H38O14. The molecule has 4 aromatic rings. The first-order valence-corrected chi connectivity index (χ1v) is 17.1. The van der Waals surface area contributed by atoms with Gasteiger partial charge in [-0.3, -0.25) is 38.4 Å². The molecule has 0 N–H and O–H groups in total. The monoisotopic (exact) mass is 766 g/mol. The zero-order chi connectivity index (χ0) is 41.1. The Labute approximate surface area is 321 Å². The first-order valence-electron chi connectivity index (χ1n) is 17.1. The lowest BCUT2D eigenvalue weighted by atomic mass is 9.74. The molecule has 2 atom stereocenters. The molecule has 0 saturated carbocycles. The van der Waals surface area contributed by atoms with E-state index in [1.165, 1.54) is 88.4 Å². The first-order chi connectivity index (χ1) is 26.5. The smallest absolute Gasteiger partial charge is 0.308 e. The van der Waals surface area contributed by atoms with Crippen molar-refractivity contribution in [3.8, 4) is 34.5 Å². The maximum Gasteiger partial charge on any atom is 0.308 e. The van der Waals surface area contributed by atoms with Gasteiger partial charge in [0.2, 0.25) is 0 Å². The van der Waals surface area contributed by atoms with Crippen LogP contribution in [0.2, 0.25) is 0 Å². The largest absolute Gasteiger partial charge is 0.427 e. The van der Waals surface area contributed by atoms with Gasteiger partial charge in [0.15, 0.2) is 11.6 Å². The molecule has 14 heteroatoms. The molecule has 0 saturated heterocycles. The van der Waals surface area contributed by atoms with E-state index in [-0.39, 0.29) is 58.5 Å². The highest BCUT2D eigenvalue weighted by Gasteiger charge is 2.38. The molecule has 14 nitrogen and oxygen atoms in total. The van der Waals surface area contributed by atoms with E-state index in [1.54, 1.807) is 24.3 Å². The summed E-state index contributed by atoms with van der Waals surface area (Å²) in [6.45, 7) is 7.08. The standard InChI is InChI=1S/C42H38O14/c1-23(43)51-31-11-7-29(8-12-31)19-37(41(49)35-17-15-33(53-25(3)45)21-39(35)55-27(5)47)38(20-30-9-13-32(14-10-30)52-24(2)44)42(50)36-18-16-34(54-26(4)46)22-40(36)56-28(6)48/h7-18,21-22,37-38H,19-20H2,1-6H3. The molecule has 0 fully saturated rings. The van der Waals surface area contributed by atoms with Crippen molar-refractivity contribution in [1.29, 1.82) is 0 Å². The lowest BCUT2D eigenvalue weighted by Gasteiger charge is -2.27. The first kappa shape index (κ1) is 41.8. The minimum atomic E-state index is -1.25. The molecule has 4 rings (SSSR count). The van der Waals surface area contributed by atoms with Crippen molar-refractivity contribution in [2.24, 2.45) is 11.8 Å². The van der Waals surface area contributed by atoms with Crippen LogP contribution in [0.5, 0.6) is 34.5 Å². The third-order valence-electron chi connectivity index (χ3n) is 7.91. The molecule has 0 amide bonds. The zero-order valence-corrected chi connectivity index (χ0v) is 31.4. The van der Waals surface area contributed by atoms with Gasteiger partial charge in [-0.05, 0) is 72.5 Å². The predicted molar refractivity (Wildman–Crippen MR) is 197 cm³/mol. The molecule has 56 heavy (non-hydrogen) atoms. The number of hydrogen-bond acceptors (Lipinski definition) is 14. The Bertz CT molecular complexity index is 2010. The van der Waals surface area contributed by atoms with Gasteiger partial charge in [0.05, 0.1) is 11.1 Å². The molecule has 0 radical (unpaired) electrons. The summed E-state index contributed by atoms with van der Waals surface area (Å²) in [5, 5.41) is 0. The summed E-state index contributed by atoms with van der Waals surface area (Å²) in [4.78, 5) is 101. The number of ketones is 2. The molecule has 0 spiro atoms. The summed E-state index contributed by atoms with van der Waals surface area (Å²) in [6, 6.07) is 20.2. The Morgan fingerprint density at radius 3 is 0.929 bits per heavy atom. The van der Waals surface area contributed by atoms with Crippen molar-refractivity contribution in [2.75, 3.05) is 0 Å². The van der Waals surface area contributed by atoms with Crippen LogP contribution in [0, 0.1) is 11.8 Å². The summed E-state index contributed by atoms with van der Waals surface area (Å²) in [6.07, 6.45) is -0.193. The molecule has 0 aliphatic rings. The van der Waals surface area contributed by atoms with Crippen molar-refractivity contribution < 1.29 is 66.8 Å².